The maximum absolute atomic E-state index is 12.8. The minimum absolute atomic E-state index is 0.0177. The van der Waals surface area contributed by atoms with E-state index < -0.39 is 5.41 Å². The molecular weight excluding hydrogens is 330 g/mol. The molecule has 7 heteroatoms. The Bertz CT molecular complexity index is 778. The molecule has 1 fully saturated rings. The van der Waals surface area contributed by atoms with Crippen LogP contribution in [-0.4, -0.2) is 40.4 Å². The van der Waals surface area contributed by atoms with Crippen LogP contribution in [0.25, 0.3) is 11.4 Å². The second-order valence-electron chi connectivity index (χ2n) is 7.18. The minimum atomic E-state index is -0.525. The van der Waals surface area contributed by atoms with Crippen molar-refractivity contribution >= 4 is 11.6 Å². The van der Waals surface area contributed by atoms with Crippen LogP contribution in [0.4, 0.5) is 5.69 Å². The van der Waals surface area contributed by atoms with Crippen molar-refractivity contribution < 1.29 is 9.53 Å². The van der Waals surface area contributed by atoms with Crippen LogP contribution in [0.3, 0.4) is 0 Å². The summed E-state index contributed by atoms with van der Waals surface area (Å²) < 4.78 is 7.58. The SMILES string of the molecule is NCC1(C(=O)Nc2ccc(-c3nnc4n3CCCC4)cc2)CCOCC1. The number of nitrogens with zero attached hydrogens (tertiary/aromatic N) is 3. The Balaban J connectivity index is 1.49. The van der Waals surface area contributed by atoms with E-state index in [1.54, 1.807) is 0 Å². The highest BCUT2D eigenvalue weighted by molar-refractivity contribution is 5.95. The molecule has 26 heavy (non-hydrogen) atoms. The summed E-state index contributed by atoms with van der Waals surface area (Å²) in [7, 11) is 0. The molecule has 0 saturated carbocycles. The Hall–Kier alpha value is -2.25. The summed E-state index contributed by atoms with van der Waals surface area (Å²) in [4.78, 5) is 12.8. The molecule has 2 aliphatic heterocycles. The molecular formula is C19H25N5O2. The maximum Gasteiger partial charge on any atom is 0.232 e. The molecule has 2 aromatic rings. The fraction of sp³-hybridized carbons (Fsp3) is 0.526. The fourth-order valence-electron chi connectivity index (χ4n) is 3.77. The van der Waals surface area contributed by atoms with Crippen molar-refractivity contribution in [3.63, 3.8) is 0 Å². The maximum atomic E-state index is 12.8. The highest BCUT2D eigenvalue weighted by Gasteiger charge is 2.38. The zero-order valence-electron chi connectivity index (χ0n) is 14.9. The van der Waals surface area contributed by atoms with E-state index in [1.807, 2.05) is 24.3 Å². The van der Waals surface area contributed by atoms with Gasteiger partial charge in [0.15, 0.2) is 5.82 Å². The van der Waals surface area contributed by atoms with Gasteiger partial charge in [0, 0.05) is 44.0 Å². The number of nitrogens with two attached hydrogens (primary N) is 1. The highest BCUT2D eigenvalue weighted by atomic mass is 16.5. The number of carbonyl (C=O) groups excluding carboxylic acids is 1. The number of carbonyl (C=O) groups is 1. The molecule has 138 valence electrons. The van der Waals surface area contributed by atoms with Crippen LogP contribution < -0.4 is 11.1 Å². The number of hydrogen-bond donors (Lipinski definition) is 2. The number of nitrogens with one attached hydrogen (secondary N) is 1. The summed E-state index contributed by atoms with van der Waals surface area (Å²) in [6.45, 7) is 2.48. The van der Waals surface area contributed by atoms with E-state index in [0.29, 0.717) is 32.6 Å². The smallest absolute Gasteiger partial charge is 0.232 e. The number of anilines is 1. The molecule has 3 heterocycles. The third kappa shape index (κ3) is 3.12. The van der Waals surface area contributed by atoms with Gasteiger partial charge in [-0.1, -0.05) is 0 Å². The normalized spacial score (nSPS) is 19.0. The standard InChI is InChI=1S/C19H25N5O2/c20-13-19(8-11-26-12-9-19)18(25)21-15-6-4-14(5-7-15)17-23-22-16-3-1-2-10-24(16)17/h4-7H,1-3,8-13,20H2,(H,21,25). The van der Waals surface area contributed by atoms with E-state index in [4.69, 9.17) is 10.5 Å². The Labute approximate surface area is 152 Å². The lowest BCUT2D eigenvalue weighted by atomic mass is 9.79. The second kappa shape index (κ2) is 7.17. The molecule has 1 aromatic heterocycles. The van der Waals surface area contributed by atoms with Crippen LogP contribution in [0.15, 0.2) is 24.3 Å². The molecule has 7 nitrogen and oxygen atoms in total. The van der Waals surface area contributed by atoms with E-state index in [2.05, 4.69) is 20.1 Å². The van der Waals surface area contributed by atoms with E-state index >= 15 is 0 Å². The first kappa shape index (κ1) is 17.2. The number of ether oxygens (including phenoxy) is 1. The van der Waals surface area contributed by atoms with Gasteiger partial charge in [-0.3, -0.25) is 4.79 Å². The van der Waals surface area contributed by atoms with Gasteiger partial charge < -0.3 is 20.4 Å². The first-order valence-electron chi connectivity index (χ1n) is 9.34. The molecule has 0 radical (unpaired) electrons. The van der Waals surface area contributed by atoms with Crippen LogP contribution in [0, 0.1) is 5.41 Å². The average Bonchev–Trinajstić information content (AvgIpc) is 3.13. The first-order valence-corrected chi connectivity index (χ1v) is 9.34. The minimum Gasteiger partial charge on any atom is -0.381 e. The lowest BCUT2D eigenvalue weighted by Crippen LogP contribution is -2.46. The summed E-state index contributed by atoms with van der Waals surface area (Å²) >= 11 is 0. The van der Waals surface area contributed by atoms with Crippen molar-refractivity contribution in [1.29, 1.82) is 0 Å². The first-order chi connectivity index (χ1) is 12.7. The predicted octanol–water partition coefficient (Wildman–Crippen LogP) is 1.98. The Morgan fingerprint density at radius 1 is 1.19 bits per heavy atom. The summed E-state index contributed by atoms with van der Waals surface area (Å²) in [6, 6.07) is 7.81. The largest absolute Gasteiger partial charge is 0.381 e. The lowest BCUT2D eigenvalue weighted by molar-refractivity contribution is -0.130. The molecule has 1 aromatic carbocycles. The van der Waals surface area contributed by atoms with Crippen molar-refractivity contribution in [2.75, 3.05) is 25.1 Å². The summed E-state index contributed by atoms with van der Waals surface area (Å²) in [5.41, 5.74) is 7.18. The number of hydrogen-bond acceptors (Lipinski definition) is 5. The molecule has 0 spiro atoms. The van der Waals surface area contributed by atoms with Gasteiger partial charge in [0.05, 0.1) is 5.41 Å². The molecule has 1 saturated heterocycles. The average molecular weight is 355 g/mol. The fourth-order valence-corrected chi connectivity index (χ4v) is 3.77. The number of aryl methyl sites for hydroxylation is 1. The van der Waals surface area contributed by atoms with Crippen LogP contribution in [0.1, 0.15) is 31.5 Å². The lowest BCUT2D eigenvalue weighted by Gasteiger charge is -2.34. The summed E-state index contributed by atoms with van der Waals surface area (Å²) in [5.74, 6) is 1.95. The van der Waals surface area contributed by atoms with E-state index in [-0.39, 0.29) is 5.91 Å². The van der Waals surface area contributed by atoms with Gasteiger partial charge in [0.25, 0.3) is 0 Å². The molecule has 1 amide bonds. The molecule has 3 N–H and O–H groups in total. The monoisotopic (exact) mass is 355 g/mol. The van der Waals surface area contributed by atoms with Crippen molar-refractivity contribution in [2.24, 2.45) is 11.1 Å². The third-order valence-corrected chi connectivity index (χ3v) is 5.58. The van der Waals surface area contributed by atoms with E-state index in [0.717, 1.165) is 42.3 Å². The van der Waals surface area contributed by atoms with E-state index in [9.17, 15) is 4.79 Å². The molecule has 2 aliphatic rings. The van der Waals surface area contributed by atoms with Crippen molar-refractivity contribution in [3.8, 4) is 11.4 Å². The van der Waals surface area contributed by atoms with Gasteiger partial charge in [0.1, 0.15) is 5.82 Å². The van der Waals surface area contributed by atoms with E-state index in [1.165, 1.54) is 6.42 Å². The Morgan fingerprint density at radius 2 is 1.96 bits per heavy atom. The molecule has 4 rings (SSSR count). The number of amides is 1. The Kier molecular flexibility index (Phi) is 4.74. The van der Waals surface area contributed by atoms with Crippen molar-refractivity contribution in [2.45, 2.75) is 38.6 Å². The molecule has 0 atom stereocenters. The number of aromatic nitrogens is 3. The van der Waals surface area contributed by atoms with Gasteiger partial charge in [-0.2, -0.15) is 0 Å². The quantitative estimate of drug-likeness (QED) is 0.874. The van der Waals surface area contributed by atoms with Gasteiger partial charge >= 0.3 is 0 Å². The summed E-state index contributed by atoms with van der Waals surface area (Å²) in [6.07, 6.45) is 4.67. The molecule has 0 unspecified atom stereocenters. The number of fused-ring (bicyclic) bond motifs is 1. The molecule has 0 aliphatic carbocycles. The van der Waals surface area contributed by atoms with Gasteiger partial charge in [-0.15, -0.1) is 10.2 Å². The zero-order valence-corrected chi connectivity index (χ0v) is 14.9. The zero-order chi connectivity index (χ0) is 18.0. The van der Waals surface area contributed by atoms with Crippen LogP contribution in [-0.2, 0) is 22.5 Å². The third-order valence-electron chi connectivity index (χ3n) is 5.58. The highest BCUT2D eigenvalue weighted by Crippen LogP contribution is 2.31. The summed E-state index contributed by atoms with van der Waals surface area (Å²) in [5, 5.41) is 11.7. The van der Waals surface area contributed by atoms with Gasteiger partial charge in [0.2, 0.25) is 5.91 Å². The number of rotatable bonds is 4. The predicted molar refractivity (Wildman–Crippen MR) is 98.6 cm³/mol. The topological polar surface area (TPSA) is 95.1 Å². The van der Waals surface area contributed by atoms with Gasteiger partial charge in [-0.25, -0.2) is 0 Å². The second-order valence-corrected chi connectivity index (χ2v) is 7.18. The van der Waals surface area contributed by atoms with Crippen LogP contribution in [0.5, 0.6) is 0 Å². The number of benzene rings is 1. The van der Waals surface area contributed by atoms with Crippen LogP contribution in [0.2, 0.25) is 0 Å². The van der Waals surface area contributed by atoms with Crippen molar-refractivity contribution in [1.82, 2.24) is 14.8 Å². The Morgan fingerprint density at radius 3 is 2.69 bits per heavy atom. The molecule has 0 bridgehead atoms. The van der Waals surface area contributed by atoms with Crippen molar-refractivity contribution in [3.05, 3.63) is 30.1 Å². The van der Waals surface area contributed by atoms with Crippen LogP contribution >= 0.6 is 0 Å². The van der Waals surface area contributed by atoms with Gasteiger partial charge in [-0.05, 0) is 49.9 Å².